The number of nitrogens with one attached hydrogen (secondary N) is 1. The predicted molar refractivity (Wildman–Crippen MR) is 65.6 cm³/mol. The number of hydrogen-bond acceptors (Lipinski definition) is 4. The van der Waals surface area contributed by atoms with Crippen LogP contribution in [0.3, 0.4) is 0 Å². The van der Waals surface area contributed by atoms with Crippen molar-refractivity contribution in [2.24, 2.45) is 11.1 Å². The van der Waals surface area contributed by atoms with Crippen molar-refractivity contribution in [3.63, 3.8) is 0 Å². The Labute approximate surface area is 103 Å². The van der Waals surface area contributed by atoms with Crippen molar-refractivity contribution in [3.8, 4) is 0 Å². The second-order valence-electron chi connectivity index (χ2n) is 5.05. The van der Waals surface area contributed by atoms with Crippen LogP contribution in [0, 0.1) is 5.41 Å². The zero-order valence-electron chi connectivity index (χ0n) is 10.4. The largest absolute Gasteiger partial charge is 0.379 e. The van der Waals surface area contributed by atoms with Gasteiger partial charge in [-0.3, -0.25) is 9.69 Å². The zero-order valence-corrected chi connectivity index (χ0v) is 10.4. The molecule has 1 amide bonds. The number of morpholine rings is 1. The second-order valence-corrected chi connectivity index (χ2v) is 5.05. The molecule has 1 saturated carbocycles. The van der Waals surface area contributed by atoms with Gasteiger partial charge in [-0.2, -0.15) is 0 Å². The fourth-order valence-electron chi connectivity index (χ4n) is 2.47. The molecule has 98 valence electrons. The van der Waals surface area contributed by atoms with Crippen LogP contribution >= 0.6 is 0 Å². The summed E-state index contributed by atoms with van der Waals surface area (Å²) in [6.07, 6.45) is 3.04. The van der Waals surface area contributed by atoms with E-state index in [1.807, 2.05) is 0 Å². The van der Waals surface area contributed by atoms with Crippen LogP contribution in [0.4, 0.5) is 0 Å². The standard InChI is InChI=1S/C12H23N3O2/c13-10-12(2-1-3-12)11(16)14-4-5-15-6-8-17-9-7-15/h1-10,13H2,(H,14,16). The number of rotatable bonds is 5. The quantitative estimate of drug-likeness (QED) is 0.685. The molecule has 2 aliphatic rings. The normalized spacial score (nSPS) is 24.1. The van der Waals surface area contributed by atoms with E-state index in [1.54, 1.807) is 0 Å². The minimum Gasteiger partial charge on any atom is -0.379 e. The molecule has 2 rings (SSSR count). The van der Waals surface area contributed by atoms with Crippen molar-refractivity contribution in [1.29, 1.82) is 0 Å². The van der Waals surface area contributed by atoms with E-state index in [0.29, 0.717) is 6.54 Å². The molecule has 1 heterocycles. The molecule has 0 aromatic carbocycles. The predicted octanol–water partition coefficient (Wildman–Crippen LogP) is -0.436. The van der Waals surface area contributed by atoms with Gasteiger partial charge in [-0.25, -0.2) is 0 Å². The summed E-state index contributed by atoms with van der Waals surface area (Å²) in [5, 5.41) is 3.02. The van der Waals surface area contributed by atoms with Crippen LogP contribution in [-0.4, -0.2) is 56.7 Å². The molecule has 0 unspecified atom stereocenters. The molecular formula is C12H23N3O2. The van der Waals surface area contributed by atoms with Crippen LogP contribution < -0.4 is 11.1 Å². The number of ether oxygens (including phenoxy) is 1. The van der Waals surface area contributed by atoms with Gasteiger partial charge < -0.3 is 15.8 Å². The summed E-state index contributed by atoms with van der Waals surface area (Å²) >= 11 is 0. The van der Waals surface area contributed by atoms with Gasteiger partial charge in [0.05, 0.1) is 18.6 Å². The minimum absolute atomic E-state index is 0.152. The lowest BCUT2D eigenvalue weighted by molar-refractivity contribution is -0.135. The van der Waals surface area contributed by atoms with Gasteiger partial charge in [0.2, 0.25) is 5.91 Å². The average molecular weight is 241 g/mol. The molecule has 3 N–H and O–H groups in total. The monoisotopic (exact) mass is 241 g/mol. The van der Waals surface area contributed by atoms with Crippen LogP contribution in [0.25, 0.3) is 0 Å². The van der Waals surface area contributed by atoms with Gasteiger partial charge in [-0.05, 0) is 12.8 Å². The van der Waals surface area contributed by atoms with Gasteiger partial charge >= 0.3 is 0 Å². The molecule has 0 radical (unpaired) electrons. The second kappa shape index (κ2) is 5.80. The van der Waals surface area contributed by atoms with E-state index >= 15 is 0 Å². The van der Waals surface area contributed by atoms with Crippen LogP contribution in [-0.2, 0) is 9.53 Å². The number of nitrogens with two attached hydrogens (primary N) is 1. The third-order valence-electron chi connectivity index (χ3n) is 4.00. The number of hydrogen-bond donors (Lipinski definition) is 2. The number of amides is 1. The Bertz CT molecular complexity index is 255. The third-order valence-corrected chi connectivity index (χ3v) is 4.00. The Kier molecular flexibility index (Phi) is 4.36. The molecule has 5 heteroatoms. The Morgan fingerprint density at radius 3 is 2.59 bits per heavy atom. The Balaban J connectivity index is 1.65. The van der Waals surface area contributed by atoms with Gasteiger partial charge in [0.15, 0.2) is 0 Å². The summed E-state index contributed by atoms with van der Waals surface area (Å²) < 4.78 is 5.28. The van der Waals surface area contributed by atoms with Crippen LogP contribution in [0.5, 0.6) is 0 Å². The molecule has 0 atom stereocenters. The average Bonchev–Trinajstić information content (AvgIpc) is 2.30. The summed E-state index contributed by atoms with van der Waals surface area (Å²) in [6, 6.07) is 0. The fourth-order valence-corrected chi connectivity index (χ4v) is 2.47. The highest BCUT2D eigenvalue weighted by Gasteiger charge is 2.42. The third kappa shape index (κ3) is 2.97. The molecule has 5 nitrogen and oxygen atoms in total. The lowest BCUT2D eigenvalue weighted by atomic mass is 9.68. The molecule has 1 aliphatic heterocycles. The number of nitrogens with zero attached hydrogens (tertiary/aromatic N) is 1. The Morgan fingerprint density at radius 2 is 2.06 bits per heavy atom. The summed E-state index contributed by atoms with van der Waals surface area (Å²) in [7, 11) is 0. The maximum Gasteiger partial charge on any atom is 0.227 e. The van der Waals surface area contributed by atoms with Gasteiger partial charge in [0.25, 0.3) is 0 Å². The zero-order chi connectivity index (χ0) is 12.1. The maximum absolute atomic E-state index is 12.0. The highest BCUT2D eigenvalue weighted by molar-refractivity contribution is 5.83. The number of carbonyl (C=O) groups excluding carboxylic acids is 1. The van der Waals surface area contributed by atoms with Gasteiger partial charge in [-0.1, -0.05) is 6.42 Å². The minimum atomic E-state index is -0.245. The van der Waals surface area contributed by atoms with Crippen molar-refractivity contribution < 1.29 is 9.53 Å². The molecule has 1 saturated heterocycles. The molecular weight excluding hydrogens is 218 g/mol. The van der Waals surface area contributed by atoms with Crippen LogP contribution in [0.2, 0.25) is 0 Å². The van der Waals surface area contributed by atoms with Crippen LogP contribution in [0.1, 0.15) is 19.3 Å². The molecule has 0 aromatic heterocycles. The Morgan fingerprint density at radius 1 is 1.35 bits per heavy atom. The molecule has 2 fully saturated rings. The molecule has 0 aromatic rings. The molecule has 17 heavy (non-hydrogen) atoms. The van der Waals surface area contributed by atoms with E-state index in [1.165, 1.54) is 0 Å². The van der Waals surface area contributed by atoms with Crippen LogP contribution in [0.15, 0.2) is 0 Å². The first-order valence-electron chi connectivity index (χ1n) is 6.55. The van der Waals surface area contributed by atoms with E-state index in [4.69, 9.17) is 10.5 Å². The number of carbonyl (C=O) groups is 1. The molecule has 1 aliphatic carbocycles. The van der Waals surface area contributed by atoms with E-state index < -0.39 is 0 Å². The molecule has 0 bridgehead atoms. The highest BCUT2D eigenvalue weighted by atomic mass is 16.5. The first-order chi connectivity index (χ1) is 8.27. The van der Waals surface area contributed by atoms with Crippen molar-refractivity contribution in [2.45, 2.75) is 19.3 Å². The van der Waals surface area contributed by atoms with E-state index in [9.17, 15) is 4.79 Å². The first-order valence-corrected chi connectivity index (χ1v) is 6.55. The SMILES string of the molecule is NCC1(C(=O)NCCN2CCOCC2)CCC1. The lowest BCUT2D eigenvalue weighted by Crippen LogP contribution is -2.51. The summed E-state index contributed by atoms with van der Waals surface area (Å²) in [5.74, 6) is 0.152. The topological polar surface area (TPSA) is 67.6 Å². The highest BCUT2D eigenvalue weighted by Crippen LogP contribution is 2.39. The fraction of sp³-hybridized carbons (Fsp3) is 0.917. The maximum atomic E-state index is 12.0. The first kappa shape index (κ1) is 12.8. The van der Waals surface area contributed by atoms with E-state index in [2.05, 4.69) is 10.2 Å². The lowest BCUT2D eigenvalue weighted by Gasteiger charge is -2.39. The summed E-state index contributed by atoms with van der Waals surface area (Å²) in [6.45, 7) is 5.67. The van der Waals surface area contributed by atoms with Gasteiger partial charge in [0.1, 0.15) is 0 Å². The van der Waals surface area contributed by atoms with Gasteiger partial charge in [0, 0.05) is 32.7 Å². The van der Waals surface area contributed by atoms with E-state index in [0.717, 1.165) is 58.7 Å². The van der Waals surface area contributed by atoms with Crippen molar-refractivity contribution >= 4 is 5.91 Å². The van der Waals surface area contributed by atoms with Crippen molar-refractivity contribution in [1.82, 2.24) is 10.2 Å². The van der Waals surface area contributed by atoms with Crippen molar-refractivity contribution in [2.75, 3.05) is 45.9 Å². The summed E-state index contributed by atoms with van der Waals surface area (Å²) in [5.41, 5.74) is 5.45. The van der Waals surface area contributed by atoms with E-state index in [-0.39, 0.29) is 11.3 Å². The Hall–Kier alpha value is -0.650. The molecule has 0 spiro atoms. The van der Waals surface area contributed by atoms with Gasteiger partial charge in [-0.15, -0.1) is 0 Å². The van der Waals surface area contributed by atoms with Crippen molar-refractivity contribution in [3.05, 3.63) is 0 Å². The summed E-state index contributed by atoms with van der Waals surface area (Å²) in [4.78, 5) is 14.3. The smallest absolute Gasteiger partial charge is 0.227 e.